The molecule has 33 heavy (non-hydrogen) atoms. The van der Waals surface area contributed by atoms with Crippen LogP contribution in [0.15, 0.2) is 48.5 Å². The zero-order chi connectivity index (χ0) is 23.1. The van der Waals surface area contributed by atoms with Gasteiger partial charge in [-0.3, -0.25) is 9.59 Å². The van der Waals surface area contributed by atoms with Gasteiger partial charge in [-0.1, -0.05) is 55.5 Å². The van der Waals surface area contributed by atoms with Crippen molar-refractivity contribution in [3.05, 3.63) is 59.7 Å². The molecule has 0 aromatic heterocycles. The Balaban J connectivity index is 1.24. The number of carbonyl (C=O) groups is 3. The van der Waals surface area contributed by atoms with Crippen LogP contribution in [0.4, 0.5) is 4.79 Å². The molecule has 172 valence electrons. The highest BCUT2D eigenvalue weighted by Crippen LogP contribution is 2.45. The fourth-order valence-corrected chi connectivity index (χ4v) is 5.90. The van der Waals surface area contributed by atoms with E-state index in [1.807, 2.05) is 31.2 Å². The minimum Gasteiger partial charge on any atom is -0.481 e. The summed E-state index contributed by atoms with van der Waals surface area (Å²) < 4.78 is 5.60. The largest absolute Gasteiger partial charge is 0.481 e. The number of alkyl carbamates (subject to hydrolysis) is 1. The SMILES string of the molecule is CCC(NC(=O)OCC1c2ccccc2-c2ccccc21)C(=O)N1C2CCC1C(C(=O)O)C2. The van der Waals surface area contributed by atoms with Crippen LogP contribution in [0.25, 0.3) is 11.1 Å². The van der Waals surface area contributed by atoms with Crippen LogP contribution >= 0.6 is 0 Å². The van der Waals surface area contributed by atoms with E-state index in [1.165, 1.54) is 0 Å². The molecular formula is C26H28N2O5. The van der Waals surface area contributed by atoms with E-state index >= 15 is 0 Å². The number of nitrogens with zero attached hydrogens (tertiary/aromatic N) is 1. The van der Waals surface area contributed by atoms with Gasteiger partial charge >= 0.3 is 12.1 Å². The van der Waals surface area contributed by atoms with Gasteiger partial charge in [-0.2, -0.15) is 0 Å². The van der Waals surface area contributed by atoms with Crippen LogP contribution in [0.1, 0.15) is 49.7 Å². The van der Waals surface area contributed by atoms with Gasteiger partial charge in [0.1, 0.15) is 12.6 Å². The van der Waals surface area contributed by atoms with Gasteiger partial charge in [0.05, 0.1) is 5.92 Å². The van der Waals surface area contributed by atoms with E-state index in [0.717, 1.165) is 28.7 Å². The number of ether oxygens (including phenoxy) is 1. The number of hydrogen-bond acceptors (Lipinski definition) is 4. The molecule has 2 bridgehead atoms. The van der Waals surface area contributed by atoms with Crippen LogP contribution in [-0.2, 0) is 14.3 Å². The summed E-state index contributed by atoms with van der Waals surface area (Å²) in [5.41, 5.74) is 4.56. The minimum absolute atomic E-state index is 0.0512. The zero-order valence-electron chi connectivity index (χ0n) is 18.6. The van der Waals surface area contributed by atoms with Crippen LogP contribution in [-0.4, -0.2) is 52.7 Å². The standard InChI is InChI=1S/C26H28N2O5/c1-2-22(24(29)28-15-11-12-23(28)20(13-15)25(30)31)27-26(32)33-14-21-18-9-5-3-7-16(18)17-8-4-6-10-19(17)21/h3-10,15,20-23H,2,11-14H2,1H3,(H,27,32)(H,30,31). The molecule has 2 heterocycles. The molecule has 0 spiro atoms. The van der Waals surface area contributed by atoms with Crippen molar-refractivity contribution in [2.24, 2.45) is 5.92 Å². The summed E-state index contributed by atoms with van der Waals surface area (Å²) in [5.74, 6) is -1.62. The van der Waals surface area contributed by atoms with Gasteiger partial charge in [0.2, 0.25) is 5.91 Å². The molecule has 2 N–H and O–H groups in total. The van der Waals surface area contributed by atoms with E-state index in [4.69, 9.17) is 4.74 Å². The van der Waals surface area contributed by atoms with Crippen LogP contribution < -0.4 is 5.32 Å². The molecule has 4 atom stereocenters. The number of hydrogen-bond donors (Lipinski definition) is 2. The first-order valence-electron chi connectivity index (χ1n) is 11.7. The smallest absolute Gasteiger partial charge is 0.407 e. The number of carbonyl (C=O) groups excluding carboxylic acids is 2. The maximum Gasteiger partial charge on any atom is 0.407 e. The molecule has 2 aliphatic heterocycles. The van der Waals surface area contributed by atoms with Crippen LogP contribution in [0, 0.1) is 5.92 Å². The molecule has 2 saturated heterocycles. The molecule has 0 saturated carbocycles. The Morgan fingerprint density at radius 1 is 1.06 bits per heavy atom. The summed E-state index contributed by atoms with van der Waals surface area (Å²) >= 11 is 0. The van der Waals surface area contributed by atoms with E-state index < -0.39 is 24.0 Å². The third-order valence-corrected chi connectivity index (χ3v) is 7.45. The first-order chi connectivity index (χ1) is 16.0. The highest BCUT2D eigenvalue weighted by Gasteiger charge is 2.52. The second-order valence-corrected chi connectivity index (χ2v) is 9.16. The lowest BCUT2D eigenvalue weighted by Gasteiger charge is -2.28. The van der Waals surface area contributed by atoms with Crippen molar-refractivity contribution in [1.29, 1.82) is 0 Å². The fraction of sp³-hybridized carbons (Fsp3) is 0.423. The van der Waals surface area contributed by atoms with Crippen molar-refractivity contribution in [1.82, 2.24) is 10.2 Å². The lowest BCUT2D eigenvalue weighted by atomic mass is 9.89. The third-order valence-electron chi connectivity index (χ3n) is 7.45. The maximum atomic E-state index is 13.2. The normalized spacial score (nSPS) is 23.7. The minimum atomic E-state index is -0.849. The van der Waals surface area contributed by atoms with Crippen LogP contribution in [0.2, 0.25) is 0 Å². The topological polar surface area (TPSA) is 95.9 Å². The number of nitrogens with one attached hydrogen (secondary N) is 1. The Bertz CT molecular complexity index is 1050. The van der Waals surface area contributed by atoms with E-state index in [9.17, 15) is 19.5 Å². The highest BCUT2D eigenvalue weighted by molar-refractivity contribution is 5.88. The maximum absolute atomic E-state index is 13.2. The Morgan fingerprint density at radius 2 is 1.70 bits per heavy atom. The van der Waals surface area contributed by atoms with Crippen molar-refractivity contribution in [2.75, 3.05) is 6.61 Å². The molecule has 2 aromatic rings. The average molecular weight is 449 g/mol. The van der Waals surface area contributed by atoms with Crippen molar-refractivity contribution < 1.29 is 24.2 Å². The van der Waals surface area contributed by atoms with Crippen molar-refractivity contribution in [3.8, 4) is 11.1 Å². The number of amides is 2. The van der Waals surface area contributed by atoms with Gasteiger partial charge in [0, 0.05) is 18.0 Å². The third kappa shape index (κ3) is 3.65. The number of rotatable bonds is 6. The van der Waals surface area contributed by atoms with Crippen molar-refractivity contribution in [2.45, 2.75) is 56.7 Å². The molecule has 1 aliphatic carbocycles. The number of carboxylic acids is 1. The predicted octanol–water partition coefficient (Wildman–Crippen LogP) is 3.77. The second-order valence-electron chi connectivity index (χ2n) is 9.16. The van der Waals surface area contributed by atoms with Crippen molar-refractivity contribution in [3.63, 3.8) is 0 Å². The fourth-order valence-electron chi connectivity index (χ4n) is 5.90. The molecule has 2 fully saturated rings. The van der Waals surface area contributed by atoms with E-state index in [2.05, 4.69) is 29.6 Å². The first-order valence-corrected chi connectivity index (χ1v) is 11.7. The number of fused-ring (bicyclic) bond motifs is 5. The molecule has 3 aliphatic rings. The number of carboxylic acid groups (broad SMARTS) is 1. The monoisotopic (exact) mass is 448 g/mol. The predicted molar refractivity (Wildman–Crippen MR) is 122 cm³/mol. The molecule has 7 heteroatoms. The molecule has 0 radical (unpaired) electrons. The van der Waals surface area contributed by atoms with Gasteiger partial charge in [-0.25, -0.2) is 4.79 Å². The molecular weight excluding hydrogens is 420 g/mol. The lowest BCUT2D eigenvalue weighted by molar-refractivity contribution is -0.143. The first kappa shape index (κ1) is 21.5. The summed E-state index contributed by atoms with van der Waals surface area (Å²) in [6.45, 7) is 2.01. The van der Waals surface area contributed by atoms with Crippen molar-refractivity contribution >= 4 is 18.0 Å². The van der Waals surface area contributed by atoms with Gasteiger partial charge in [-0.05, 0) is 47.9 Å². The lowest BCUT2D eigenvalue weighted by Crippen LogP contribution is -2.50. The second kappa shape index (κ2) is 8.54. The molecule has 4 unspecified atom stereocenters. The summed E-state index contributed by atoms with van der Waals surface area (Å²) in [6.07, 6.45) is 1.80. The quantitative estimate of drug-likeness (QED) is 0.701. The number of benzene rings is 2. The summed E-state index contributed by atoms with van der Waals surface area (Å²) in [7, 11) is 0. The molecule has 5 rings (SSSR count). The van der Waals surface area contributed by atoms with Gasteiger partial charge < -0.3 is 20.1 Å². The molecule has 2 aromatic carbocycles. The molecule has 2 amide bonds. The van der Waals surface area contributed by atoms with Gasteiger partial charge in [0.15, 0.2) is 0 Å². The van der Waals surface area contributed by atoms with Gasteiger partial charge in [-0.15, -0.1) is 0 Å². The van der Waals surface area contributed by atoms with Crippen LogP contribution in [0.3, 0.4) is 0 Å². The van der Waals surface area contributed by atoms with Crippen LogP contribution in [0.5, 0.6) is 0 Å². The number of aliphatic carboxylic acids is 1. The Hall–Kier alpha value is -3.35. The Kier molecular flexibility index (Phi) is 5.56. The summed E-state index contributed by atoms with van der Waals surface area (Å²) in [5, 5.41) is 12.2. The van der Waals surface area contributed by atoms with E-state index in [-0.39, 0.29) is 30.5 Å². The molecule has 7 nitrogen and oxygen atoms in total. The van der Waals surface area contributed by atoms with E-state index in [1.54, 1.807) is 4.90 Å². The van der Waals surface area contributed by atoms with Gasteiger partial charge in [0.25, 0.3) is 0 Å². The highest BCUT2D eigenvalue weighted by atomic mass is 16.5. The average Bonchev–Trinajstić information content (AvgIpc) is 3.50. The van der Waals surface area contributed by atoms with E-state index in [0.29, 0.717) is 19.3 Å². The Morgan fingerprint density at radius 3 is 2.27 bits per heavy atom. The Labute approximate surface area is 192 Å². The summed E-state index contributed by atoms with van der Waals surface area (Å²) in [4.78, 5) is 39.1. The zero-order valence-corrected chi connectivity index (χ0v) is 18.6. The summed E-state index contributed by atoms with van der Waals surface area (Å²) in [6, 6.07) is 15.2.